The van der Waals surface area contributed by atoms with Crippen LogP contribution in [0.25, 0.3) is 0 Å². The molecule has 1 amide bonds. The highest BCUT2D eigenvalue weighted by molar-refractivity contribution is 9.10. The van der Waals surface area contributed by atoms with Crippen LogP contribution in [0, 0.1) is 5.92 Å². The molecule has 1 aromatic carbocycles. The first-order valence-electron chi connectivity index (χ1n) is 6.64. The van der Waals surface area contributed by atoms with Crippen molar-refractivity contribution in [3.05, 3.63) is 28.2 Å². The molecule has 2 bridgehead atoms. The van der Waals surface area contributed by atoms with Gasteiger partial charge in [0.05, 0.1) is 17.2 Å². The number of carboxylic acids is 1. The van der Waals surface area contributed by atoms with Crippen LogP contribution in [-0.4, -0.2) is 29.1 Å². The molecule has 0 saturated carbocycles. The molecule has 6 heteroatoms. The van der Waals surface area contributed by atoms with Gasteiger partial charge >= 0.3 is 5.97 Å². The average Bonchev–Trinajstić information content (AvgIpc) is 3.03. The molecule has 0 aliphatic carbocycles. The van der Waals surface area contributed by atoms with Crippen molar-refractivity contribution in [2.24, 2.45) is 5.92 Å². The lowest BCUT2D eigenvalue weighted by molar-refractivity contribution is -0.120. The van der Waals surface area contributed by atoms with Crippen LogP contribution in [0.1, 0.15) is 29.6 Å². The van der Waals surface area contributed by atoms with Gasteiger partial charge in [-0.1, -0.05) is 15.9 Å². The molecule has 2 aliphatic rings. The van der Waals surface area contributed by atoms with Crippen molar-refractivity contribution in [1.82, 2.24) is 5.32 Å². The lowest BCUT2D eigenvalue weighted by atomic mass is 9.88. The first kappa shape index (κ1) is 13.6. The van der Waals surface area contributed by atoms with Gasteiger partial charge < -0.3 is 15.7 Å². The summed E-state index contributed by atoms with van der Waals surface area (Å²) in [5.41, 5.74) is 0.456. The number of halogens is 1. The normalized spacial score (nSPS) is 27.6. The van der Waals surface area contributed by atoms with Crippen LogP contribution in [0.3, 0.4) is 0 Å². The van der Waals surface area contributed by atoms with Gasteiger partial charge in [-0.25, -0.2) is 4.79 Å². The van der Waals surface area contributed by atoms with Crippen molar-refractivity contribution in [1.29, 1.82) is 0 Å². The number of fused-ring (bicyclic) bond motifs is 2. The Balaban J connectivity index is 1.78. The molecule has 5 nitrogen and oxygen atoms in total. The zero-order valence-electron chi connectivity index (χ0n) is 10.7. The quantitative estimate of drug-likeness (QED) is 0.789. The number of hydrogen-bond donors (Lipinski definition) is 3. The lowest BCUT2D eigenvalue weighted by Gasteiger charge is -2.20. The maximum Gasteiger partial charge on any atom is 0.337 e. The minimum Gasteiger partial charge on any atom is -0.478 e. The second-order valence-corrected chi connectivity index (χ2v) is 6.29. The van der Waals surface area contributed by atoms with Crippen LogP contribution in [0.2, 0.25) is 0 Å². The zero-order valence-corrected chi connectivity index (χ0v) is 12.3. The highest BCUT2D eigenvalue weighted by Gasteiger charge is 2.42. The van der Waals surface area contributed by atoms with Crippen LogP contribution < -0.4 is 10.6 Å². The van der Waals surface area contributed by atoms with Gasteiger partial charge in [-0.2, -0.15) is 0 Å². The number of nitrogens with one attached hydrogen (secondary N) is 2. The molecule has 2 aliphatic heterocycles. The minimum atomic E-state index is -1.05. The molecule has 2 fully saturated rings. The third-order valence-electron chi connectivity index (χ3n) is 4.11. The Labute approximate surface area is 124 Å². The summed E-state index contributed by atoms with van der Waals surface area (Å²) in [5.74, 6) is -1.19. The van der Waals surface area contributed by atoms with E-state index in [1.165, 1.54) is 6.07 Å². The molecule has 3 N–H and O–H groups in total. The fourth-order valence-electron chi connectivity index (χ4n) is 3.14. The number of anilines is 1. The van der Waals surface area contributed by atoms with Crippen LogP contribution in [0.4, 0.5) is 5.69 Å². The number of carbonyl (C=O) groups excluding carboxylic acids is 1. The van der Waals surface area contributed by atoms with Gasteiger partial charge in [0.2, 0.25) is 5.91 Å². The Bertz CT molecular complexity index is 576. The van der Waals surface area contributed by atoms with E-state index in [9.17, 15) is 14.7 Å². The standard InChI is InChI=1S/C14H15BrN2O3/c15-7-1-3-12(10(5-7)14(19)20)17-13(18)9-6-8-2-4-11(9)16-8/h1,3,5,8-9,11,16H,2,4,6H2,(H,17,18)(H,19,20). The molecule has 0 spiro atoms. The molecule has 20 heavy (non-hydrogen) atoms. The van der Waals surface area contributed by atoms with Gasteiger partial charge in [0.15, 0.2) is 0 Å². The molecule has 2 heterocycles. The molecule has 0 aromatic heterocycles. The molecular weight excluding hydrogens is 324 g/mol. The van der Waals surface area contributed by atoms with Gasteiger partial charge in [-0.15, -0.1) is 0 Å². The van der Waals surface area contributed by atoms with Crippen molar-refractivity contribution >= 4 is 33.5 Å². The van der Waals surface area contributed by atoms with E-state index in [0.717, 1.165) is 19.3 Å². The van der Waals surface area contributed by atoms with E-state index in [0.29, 0.717) is 16.2 Å². The van der Waals surface area contributed by atoms with Crippen molar-refractivity contribution in [3.63, 3.8) is 0 Å². The minimum absolute atomic E-state index is 0.0564. The number of benzene rings is 1. The number of carboxylic acid groups (broad SMARTS) is 1. The second kappa shape index (κ2) is 5.18. The predicted octanol–water partition coefficient (Wildman–Crippen LogP) is 2.23. The van der Waals surface area contributed by atoms with Crippen LogP contribution in [0.15, 0.2) is 22.7 Å². The number of rotatable bonds is 3. The summed E-state index contributed by atoms with van der Waals surface area (Å²) in [6, 6.07) is 5.52. The number of amides is 1. The Kier molecular flexibility index (Phi) is 3.52. The Morgan fingerprint density at radius 1 is 1.35 bits per heavy atom. The summed E-state index contributed by atoms with van der Waals surface area (Å²) in [5, 5.41) is 15.4. The highest BCUT2D eigenvalue weighted by Crippen LogP contribution is 2.34. The second-order valence-electron chi connectivity index (χ2n) is 5.37. The van der Waals surface area contributed by atoms with E-state index >= 15 is 0 Å². The maximum atomic E-state index is 12.3. The summed E-state index contributed by atoms with van der Waals surface area (Å²) in [7, 11) is 0. The van der Waals surface area contributed by atoms with Crippen molar-refractivity contribution < 1.29 is 14.7 Å². The maximum absolute atomic E-state index is 12.3. The number of aromatic carboxylic acids is 1. The van der Waals surface area contributed by atoms with E-state index in [-0.39, 0.29) is 23.4 Å². The molecule has 2 saturated heterocycles. The SMILES string of the molecule is O=C(O)c1cc(Br)ccc1NC(=O)C1CC2CCC1N2. The first-order chi connectivity index (χ1) is 9.54. The average molecular weight is 339 g/mol. The zero-order chi connectivity index (χ0) is 14.3. The monoisotopic (exact) mass is 338 g/mol. The Morgan fingerprint density at radius 3 is 2.75 bits per heavy atom. The van der Waals surface area contributed by atoms with E-state index in [1.807, 2.05) is 0 Å². The number of carbonyl (C=O) groups is 2. The summed E-state index contributed by atoms with van der Waals surface area (Å²) in [6.45, 7) is 0. The molecule has 3 unspecified atom stereocenters. The predicted molar refractivity (Wildman–Crippen MR) is 77.8 cm³/mol. The van der Waals surface area contributed by atoms with Crippen molar-refractivity contribution in [2.45, 2.75) is 31.3 Å². The molecule has 0 radical (unpaired) electrons. The van der Waals surface area contributed by atoms with E-state index < -0.39 is 5.97 Å². The van der Waals surface area contributed by atoms with Crippen molar-refractivity contribution in [2.75, 3.05) is 5.32 Å². The molecule has 1 aromatic rings. The molecule has 3 atom stereocenters. The summed E-state index contributed by atoms with van der Waals surface area (Å²) >= 11 is 3.24. The topological polar surface area (TPSA) is 78.4 Å². The first-order valence-corrected chi connectivity index (χ1v) is 7.43. The van der Waals surface area contributed by atoms with Gasteiger partial charge in [0.25, 0.3) is 0 Å². The largest absolute Gasteiger partial charge is 0.478 e. The fourth-order valence-corrected chi connectivity index (χ4v) is 3.50. The van der Waals surface area contributed by atoms with Crippen LogP contribution in [0.5, 0.6) is 0 Å². The summed E-state index contributed by atoms with van der Waals surface area (Å²) in [4.78, 5) is 23.5. The van der Waals surface area contributed by atoms with Gasteiger partial charge in [-0.05, 0) is 37.5 Å². The van der Waals surface area contributed by atoms with Crippen molar-refractivity contribution in [3.8, 4) is 0 Å². The molecule has 106 valence electrons. The smallest absolute Gasteiger partial charge is 0.337 e. The third kappa shape index (κ3) is 2.45. The summed E-state index contributed by atoms with van der Waals surface area (Å²) < 4.78 is 0.675. The van der Waals surface area contributed by atoms with Gasteiger partial charge in [-0.3, -0.25) is 4.79 Å². The fraction of sp³-hybridized carbons (Fsp3) is 0.429. The van der Waals surface area contributed by atoms with E-state index in [1.54, 1.807) is 12.1 Å². The molecule has 3 rings (SSSR count). The molecular formula is C14H15BrN2O3. The lowest BCUT2D eigenvalue weighted by Crippen LogP contribution is -2.33. The van der Waals surface area contributed by atoms with Crippen LogP contribution in [-0.2, 0) is 4.79 Å². The highest BCUT2D eigenvalue weighted by atomic mass is 79.9. The van der Waals surface area contributed by atoms with Crippen LogP contribution >= 0.6 is 15.9 Å². The third-order valence-corrected chi connectivity index (χ3v) is 4.60. The summed E-state index contributed by atoms with van der Waals surface area (Å²) in [6.07, 6.45) is 3.00. The Hall–Kier alpha value is -1.40. The van der Waals surface area contributed by atoms with E-state index in [4.69, 9.17) is 0 Å². The number of hydrogen-bond acceptors (Lipinski definition) is 3. The van der Waals surface area contributed by atoms with Gasteiger partial charge in [0.1, 0.15) is 0 Å². The van der Waals surface area contributed by atoms with E-state index in [2.05, 4.69) is 26.6 Å². The van der Waals surface area contributed by atoms with Gasteiger partial charge in [0, 0.05) is 16.6 Å². The Morgan fingerprint density at radius 2 is 2.15 bits per heavy atom.